The Kier molecular flexibility index (Phi) is 7.03. The Morgan fingerprint density at radius 1 is 1.11 bits per heavy atom. The SMILES string of the molecule is CC(C)c1cccc(S(=O)(=O)N2CC(CC(C)(C)C(=O)O)Oc3ccc(-c4cc(F)ccc4F)cc32)c1. The summed E-state index contributed by atoms with van der Waals surface area (Å²) in [6.45, 7) is 6.87. The highest BCUT2D eigenvalue weighted by Gasteiger charge is 2.39. The molecule has 0 saturated heterocycles. The van der Waals surface area contributed by atoms with Crippen LogP contribution in [0.4, 0.5) is 14.5 Å². The third-order valence-corrected chi connectivity index (χ3v) is 8.34. The number of nitrogens with zero attached hydrogens (tertiary/aromatic N) is 1. The highest BCUT2D eigenvalue weighted by atomic mass is 32.2. The standard InChI is InChI=1S/C28H29F2NO5S/c1-17(2)18-6-5-7-22(12-18)37(34,35)31-16-21(15-28(3,4)27(32)33)36-26-11-8-19(13-25(26)31)23-14-20(29)9-10-24(23)30/h5-14,17,21H,15-16H2,1-4H3,(H,32,33). The zero-order valence-electron chi connectivity index (χ0n) is 21.0. The van der Waals surface area contributed by atoms with Crippen molar-refractivity contribution in [3.63, 3.8) is 0 Å². The van der Waals surface area contributed by atoms with Crippen LogP contribution < -0.4 is 9.04 Å². The smallest absolute Gasteiger partial charge is 0.309 e. The van der Waals surface area contributed by atoms with Crippen LogP contribution >= 0.6 is 0 Å². The van der Waals surface area contributed by atoms with Crippen molar-refractivity contribution in [1.82, 2.24) is 0 Å². The summed E-state index contributed by atoms with van der Waals surface area (Å²) >= 11 is 0. The second-order valence-corrected chi connectivity index (χ2v) is 12.1. The Hall–Kier alpha value is -3.46. The molecule has 4 rings (SSSR count). The van der Waals surface area contributed by atoms with E-state index in [1.54, 1.807) is 26.0 Å². The highest BCUT2D eigenvalue weighted by Crippen LogP contribution is 2.42. The summed E-state index contributed by atoms with van der Waals surface area (Å²) in [6.07, 6.45) is -0.696. The maximum Gasteiger partial charge on any atom is 0.309 e. The van der Waals surface area contributed by atoms with Crippen LogP contribution in [0, 0.1) is 17.0 Å². The average Bonchev–Trinajstić information content (AvgIpc) is 2.84. The number of anilines is 1. The number of ether oxygens (including phenoxy) is 1. The Balaban J connectivity index is 1.85. The number of carboxylic acid groups (broad SMARTS) is 1. The number of carbonyl (C=O) groups is 1. The topological polar surface area (TPSA) is 83.9 Å². The van der Waals surface area contributed by atoms with Gasteiger partial charge in [-0.2, -0.15) is 0 Å². The first-order valence-electron chi connectivity index (χ1n) is 11.9. The summed E-state index contributed by atoms with van der Waals surface area (Å²) in [5.41, 5.74) is 0.102. The maximum absolute atomic E-state index is 14.5. The molecule has 1 heterocycles. The van der Waals surface area contributed by atoms with E-state index in [-0.39, 0.29) is 46.3 Å². The van der Waals surface area contributed by atoms with E-state index in [1.165, 1.54) is 28.6 Å². The van der Waals surface area contributed by atoms with Gasteiger partial charge in [-0.1, -0.05) is 32.0 Å². The number of rotatable bonds is 7. The van der Waals surface area contributed by atoms with Crippen LogP contribution in [0.25, 0.3) is 11.1 Å². The van der Waals surface area contributed by atoms with Crippen molar-refractivity contribution in [2.45, 2.75) is 51.0 Å². The molecular weight excluding hydrogens is 500 g/mol. The Morgan fingerprint density at radius 3 is 2.51 bits per heavy atom. The number of benzene rings is 3. The van der Waals surface area contributed by atoms with Crippen molar-refractivity contribution >= 4 is 21.7 Å². The summed E-state index contributed by atoms with van der Waals surface area (Å²) in [5, 5.41) is 9.61. The summed E-state index contributed by atoms with van der Waals surface area (Å²) in [7, 11) is -4.12. The van der Waals surface area contributed by atoms with Crippen LogP contribution in [-0.4, -0.2) is 32.1 Å². The molecule has 37 heavy (non-hydrogen) atoms. The molecule has 0 bridgehead atoms. The van der Waals surface area contributed by atoms with Crippen molar-refractivity contribution in [2.75, 3.05) is 10.8 Å². The van der Waals surface area contributed by atoms with Gasteiger partial charge in [0, 0.05) is 12.0 Å². The van der Waals surface area contributed by atoms with Gasteiger partial charge in [-0.05, 0) is 73.4 Å². The summed E-state index contributed by atoms with van der Waals surface area (Å²) in [5.74, 6) is -2.01. The molecule has 0 amide bonds. The molecule has 3 aromatic rings. The minimum absolute atomic E-state index is 0.0175. The summed E-state index contributed by atoms with van der Waals surface area (Å²) in [4.78, 5) is 11.8. The second kappa shape index (κ2) is 9.78. The van der Waals surface area contributed by atoms with E-state index in [1.807, 2.05) is 19.9 Å². The average molecular weight is 530 g/mol. The van der Waals surface area contributed by atoms with Crippen LogP contribution in [0.5, 0.6) is 5.75 Å². The number of hydrogen-bond acceptors (Lipinski definition) is 4. The molecule has 0 radical (unpaired) electrons. The molecule has 9 heteroatoms. The molecule has 1 aliphatic rings. The van der Waals surface area contributed by atoms with Gasteiger partial charge >= 0.3 is 5.97 Å². The van der Waals surface area contributed by atoms with E-state index < -0.39 is 39.1 Å². The molecule has 1 atom stereocenters. The number of aliphatic carboxylic acids is 1. The fourth-order valence-electron chi connectivity index (χ4n) is 4.35. The Morgan fingerprint density at radius 2 is 1.84 bits per heavy atom. The van der Waals surface area contributed by atoms with Gasteiger partial charge in [0.2, 0.25) is 0 Å². The Bertz CT molecular complexity index is 1450. The molecule has 0 spiro atoms. The van der Waals surface area contributed by atoms with Crippen LogP contribution in [0.1, 0.15) is 45.6 Å². The molecule has 0 fully saturated rings. The third-order valence-electron chi connectivity index (χ3n) is 6.56. The number of hydrogen-bond donors (Lipinski definition) is 1. The lowest BCUT2D eigenvalue weighted by Crippen LogP contribution is -2.46. The van der Waals surface area contributed by atoms with E-state index in [4.69, 9.17) is 4.74 Å². The molecule has 1 N–H and O–H groups in total. The molecule has 196 valence electrons. The van der Waals surface area contributed by atoms with Gasteiger partial charge in [0.15, 0.2) is 0 Å². The van der Waals surface area contributed by atoms with Gasteiger partial charge in [0.1, 0.15) is 23.5 Å². The van der Waals surface area contributed by atoms with Crippen molar-refractivity contribution in [2.24, 2.45) is 5.41 Å². The lowest BCUT2D eigenvalue weighted by Gasteiger charge is -2.38. The van der Waals surface area contributed by atoms with E-state index >= 15 is 0 Å². The largest absolute Gasteiger partial charge is 0.486 e. The first kappa shape index (κ1) is 26.6. The fourth-order valence-corrected chi connectivity index (χ4v) is 5.90. The van der Waals surface area contributed by atoms with Gasteiger partial charge < -0.3 is 9.84 Å². The monoisotopic (exact) mass is 529 g/mol. The molecule has 6 nitrogen and oxygen atoms in total. The van der Waals surface area contributed by atoms with Crippen LogP contribution in [-0.2, 0) is 14.8 Å². The first-order valence-corrected chi connectivity index (χ1v) is 13.4. The van der Waals surface area contributed by atoms with Crippen LogP contribution in [0.2, 0.25) is 0 Å². The molecule has 0 saturated carbocycles. The lowest BCUT2D eigenvalue weighted by atomic mass is 9.86. The molecule has 0 aromatic heterocycles. The fraction of sp³-hybridized carbons (Fsp3) is 0.321. The van der Waals surface area contributed by atoms with Crippen molar-refractivity contribution in [3.8, 4) is 16.9 Å². The molecule has 1 aliphatic heterocycles. The van der Waals surface area contributed by atoms with Gasteiger partial charge in [-0.25, -0.2) is 17.2 Å². The molecule has 1 unspecified atom stereocenters. The number of halogens is 2. The van der Waals surface area contributed by atoms with Gasteiger partial charge in [-0.3, -0.25) is 9.10 Å². The minimum atomic E-state index is -4.12. The zero-order chi connectivity index (χ0) is 27.1. The lowest BCUT2D eigenvalue weighted by molar-refractivity contribution is -0.148. The van der Waals surface area contributed by atoms with E-state index in [9.17, 15) is 27.1 Å². The van der Waals surface area contributed by atoms with Gasteiger partial charge in [0.25, 0.3) is 10.0 Å². The van der Waals surface area contributed by atoms with Gasteiger partial charge in [0.05, 0.1) is 22.5 Å². The number of fused-ring (bicyclic) bond motifs is 1. The van der Waals surface area contributed by atoms with E-state index in [0.29, 0.717) is 0 Å². The van der Waals surface area contributed by atoms with Crippen molar-refractivity contribution in [3.05, 3.63) is 77.9 Å². The van der Waals surface area contributed by atoms with E-state index in [0.717, 1.165) is 23.8 Å². The van der Waals surface area contributed by atoms with Crippen LogP contribution in [0.15, 0.2) is 65.6 Å². The summed E-state index contributed by atoms with van der Waals surface area (Å²) in [6, 6.07) is 14.2. The molecular formula is C28H29F2NO5S. The molecule has 0 aliphatic carbocycles. The normalized spacial score (nSPS) is 15.9. The number of carboxylic acids is 1. The number of sulfonamides is 1. The summed E-state index contributed by atoms with van der Waals surface area (Å²) < 4.78 is 63.6. The molecule has 3 aromatic carbocycles. The van der Waals surface area contributed by atoms with Gasteiger partial charge in [-0.15, -0.1) is 0 Å². The predicted molar refractivity (Wildman–Crippen MR) is 137 cm³/mol. The predicted octanol–water partition coefficient (Wildman–Crippen LogP) is 6.21. The highest BCUT2D eigenvalue weighted by molar-refractivity contribution is 7.92. The maximum atomic E-state index is 14.5. The first-order chi connectivity index (χ1) is 17.3. The quantitative estimate of drug-likeness (QED) is 0.393. The van der Waals surface area contributed by atoms with Crippen molar-refractivity contribution < 1.29 is 31.8 Å². The van der Waals surface area contributed by atoms with E-state index in [2.05, 4.69) is 0 Å². The Labute approximate surface area is 215 Å². The third kappa shape index (κ3) is 5.32. The van der Waals surface area contributed by atoms with Crippen molar-refractivity contribution in [1.29, 1.82) is 0 Å². The van der Waals surface area contributed by atoms with Crippen LogP contribution in [0.3, 0.4) is 0 Å². The second-order valence-electron chi connectivity index (χ2n) is 10.2. The minimum Gasteiger partial charge on any atom is -0.486 e. The zero-order valence-corrected chi connectivity index (χ0v) is 21.9.